The smallest absolute Gasteiger partial charge is 0.271 e. The van der Waals surface area contributed by atoms with Crippen LogP contribution in [0.15, 0.2) is 48.7 Å². The lowest BCUT2D eigenvalue weighted by atomic mass is 9.96. The Bertz CT molecular complexity index is 1070. The normalized spacial score (nSPS) is 16.3. The van der Waals surface area contributed by atoms with E-state index < -0.39 is 0 Å². The number of aryl methyl sites for hydroxylation is 1. The highest BCUT2D eigenvalue weighted by molar-refractivity contribution is 6.31. The standard InChI is InChI=1S/C22H22ClN5O2/c1-14-7-8-16(23)11-18(14)25-21(29)15-5-4-10-28(13-15)22(30)20-12-19(26-27-20)17-6-2-3-9-24-17/h2-3,6-9,11-12,15H,4-5,10,13H2,1H3,(H,25,29)(H,26,27)/t15-/m1/s1. The molecule has 2 aromatic heterocycles. The number of rotatable bonds is 4. The molecule has 0 aliphatic carbocycles. The average Bonchev–Trinajstić information content (AvgIpc) is 3.27. The number of halogens is 1. The summed E-state index contributed by atoms with van der Waals surface area (Å²) in [5.74, 6) is -0.544. The maximum atomic E-state index is 13.0. The molecule has 0 saturated carbocycles. The Balaban J connectivity index is 1.43. The first-order valence-corrected chi connectivity index (χ1v) is 10.2. The van der Waals surface area contributed by atoms with Gasteiger partial charge in [0.1, 0.15) is 11.4 Å². The molecule has 8 heteroatoms. The maximum absolute atomic E-state index is 13.0. The van der Waals surface area contributed by atoms with Crippen molar-refractivity contribution in [3.8, 4) is 11.4 Å². The Morgan fingerprint density at radius 3 is 2.87 bits per heavy atom. The minimum absolute atomic E-state index is 0.100. The lowest BCUT2D eigenvalue weighted by molar-refractivity contribution is -0.121. The summed E-state index contributed by atoms with van der Waals surface area (Å²) in [7, 11) is 0. The molecule has 1 saturated heterocycles. The van der Waals surface area contributed by atoms with E-state index in [-0.39, 0.29) is 17.7 Å². The third-order valence-electron chi connectivity index (χ3n) is 5.27. The molecule has 3 heterocycles. The lowest BCUT2D eigenvalue weighted by Crippen LogP contribution is -2.44. The first kappa shape index (κ1) is 20.1. The molecule has 7 nitrogen and oxygen atoms in total. The predicted octanol–water partition coefficient (Wildman–Crippen LogP) is 3.92. The second-order valence-electron chi connectivity index (χ2n) is 7.42. The minimum Gasteiger partial charge on any atom is -0.337 e. The molecule has 2 N–H and O–H groups in total. The molecule has 1 aliphatic heterocycles. The van der Waals surface area contributed by atoms with E-state index in [1.54, 1.807) is 29.3 Å². The van der Waals surface area contributed by atoms with Gasteiger partial charge in [-0.05, 0) is 55.7 Å². The summed E-state index contributed by atoms with van der Waals surface area (Å²) in [6.07, 6.45) is 3.18. The molecule has 30 heavy (non-hydrogen) atoms. The Kier molecular flexibility index (Phi) is 5.81. The minimum atomic E-state index is -0.278. The number of likely N-dealkylation sites (tertiary alicyclic amines) is 1. The zero-order valence-corrected chi connectivity index (χ0v) is 17.3. The molecule has 1 aliphatic rings. The van der Waals surface area contributed by atoms with Gasteiger partial charge in [0.2, 0.25) is 5.91 Å². The van der Waals surface area contributed by atoms with E-state index in [0.717, 1.165) is 18.4 Å². The Hall–Kier alpha value is -3.19. The lowest BCUT2D eigenvalue weighted by Gasteiger charge is -2.31. The number of nitrogens with zero attached hydrogens (tertiary/aromatic N) is 3. The van der Waals surface area contributed by atoms with Gasteiger partial charge in [-0.15, -0.1) is 0 Å². The number of hydrogen-bond donors (Lipinski definition) is 2. The van der Waals surface area contributed by atoms with Gasteiger partial charge in [0.15, 0.2) is 0 Å². The van der Waals surface area contributed by atoms with E-state index in [1.807, 2.05) is 31.2 Å². The molecule has 1 atom stereocenters. The molecule has 0 radical (unpaired) electrons. The SMILES string of the molecule is Cc1ccc(Cl)cc1NC(=O)[C@@H]1CCCN(C(=O)c2cc(-c3ccccn3)n[nH]2)C1. The molecule has 154 valence electrons. The number of amides is 2. The van der Waals surface area contributed by atoms with E-state index >= 15 is 0 Å². The van der Waals surface area contributed by atoms with Crippen molar-refractivity contribution in [2.24, 2.45) is 5.92 Å². The van der Waals surface area contributed by atoms with E-state index in [1.165, 1.54) is 0 Å². The number of hydrogen-bond acceptors (Lipinski definition) is 4. The van der Waals surface area contributed by atoms with Crippen LogP contribution >= 0.6 is 11.6 Å². The number of anilines is 1. The average molecular weight is 424 g/mol. The quantitative estimate of drug-likeness (QED) is 0.665. The highest BCUT2D eigenvalue weighted by Crippen LogP contribution is 2.24. The van der Waals surface area contributed by atoms with E-state index in [0.29, 0.717) is 40.9 Å². The third-order valence-corrected chi connectivity index (χ3v) is 5.51. The van der Waals surface area contributed by atoms with Crippen LogP contribution in [0.3, 0.4) is 0 Å². The highest BCUT2D eigenvalue weighted by atomic mass is 35.5. The topological polar surface area (TPSA) is 91.0 Å². The number of aromatic nitrogens is 3. The van der Waals surface area contributed by atoms with Gasteiger partial charge in [0, 0.05) is 30.0 Å². The molecular formula is C22H22ClN5O2. The van der Waals surface area contributed by atoms with Gasteiger partial charge in [0.05, 0.1) is 11.6 Å². The Morgan fingerprint density at radius 2 is 2.07 bits per heavy atom. The fourth-order valence-corrected chi connectivity index (χ4v) is 3.76. The maximum Gasteiger partial charge on any atom is 0.271 e. The molecule has 2 amide bonds. The number of H-pyrrole nitrogens is 1. The summed E-state index contributed by atoms with van der Waals surface area (Å²) in [4.78, 5) is 31.7. The van der Waals surface area contributed by atoms with Crippen molar-refractivity contribution in [2.45, 2.75) is 19.8 Å². The van der Waals surface area contributed by atoms with Crippen LogP contribution < -0.4 is 5.32 Å². The molecule has 4 rings (SSSR count). The van der Waals surface area contributed by atoms with E-state index in [4.69, 9.17) is 11.6 Å². The molecule has 1 aromatic carbocycles. The number of piperidine rings is 1. The number of nitrogens with one attached hydrogen (secondary N) is 2. The van der Waals surface area contributed by atoms with Crippen LogP contribution in [0.5, 0.6) is 0 Å². The number of carbonyl (C=O) groups is 2. The highest BCUT2D eigenvalue weighted by Gasteiger charge is 2.30. The van der Waals surface area contributed by atoms with E-state index in [2.05, 4.69) is 20.5 Å². The fourth-order valence-electron chi connectivity index (χ4n) is 3.59. The first-order chi connectivity index (χ1) is 14.5. The van der Waals surface area contributed by atoms with E-state index in [9.17, 15) is 9.59 Å². The zero-order chi connectivity index (χ0) is 21.1. The number of carbonyl (C=O) groups excluding carboxylic acids is 2. The van der Waals surface area contributed by atoms with Crippen molar-refractivity contribution in [2.75, 3.05) is 18.4 Å². The molecule has 1 fully saturated rings. The number of benzene rings is 1. The third kappa shape index (κ3) is 4.36. The fraction of sp³-hybridized carbons (Fsp3) is 0.273. The van der Waals surface area contributed by atoms with Crippen molar-refractivity contribution in [3.63, 3.8) is 0 Å². The summed E-state index contributed by atoms with van der Waals surface area (Å²) in [5.41, 5.74) is 3.34. The second kappa shape index (κ2) is 8.67. The monoisotopic (exact) mass is 423 g/mol. The Morgan fingerprint density at radius 1 is 1.20 bits per heavy atom. The summed E-state index contributed by atoms with van der Waals surface area (Å²) >= 11 is 6.05. The summed E-state index contributed by atoms with van der Waals surface area (Å²) in [5, 5.41) is 10.5. The Labute approximate surface area is 179 Å². The van der Waals surface area contributed by atoms with Crippen molar-refractivity contribution < 1.29 is 9.59 Å². The van der Waals surface area contributed by atoms with Gasteiger partial charge in [0.25, 0.3) is 5.91 Å². The van der Waals surface area contributed by atoms with Crippen LogP contribution in [-0.2, 0) is 4.79 Å². The van der Waals surface area contributed by atoms with Crippen LogP contribution in [0.2, 0.25) is 5.02 Å². The van der Waals surface area contributed by atoms with Crippen molar-refractivity contribution in [1.29, 1.82) is 0 Å². The summed E-state index contributed by atoms with van der Waals surface area (Å²) < 4.78 is 0. The largest absolute Gasteiger partial charge is 0.337 e. The van der Waals surface area contributed by atoms with Crippen LogP contribution in [0.25, 0.3) is 11.4 Å². The van der Waals surface area contributed by atoms with Crippen LogP contribution in [0.1, 0.15) is 28.9 Å². The van der Waals surface area contributed by atoms with Crippen LogP contribution in [0.4, 0.5) is 5.69 Å². The van der Waals surface area contributed by atoms with Gasteiger partial charge in [-0.1, -0.05) is 23.7 Å². The molecular weight excluding hydrogens is 402 g/mol. The first-order valence-electron chi connectivity index (χ1n) is 9.84. The van der Waals surface area contributed by atoms with Gasteiger partial charge in [-0.25, -0.2) is 0 Å². The summed E-state index contributed by atoms with van der Waals surface area (Å²) in [6.45, 7) is 2.89. The van der Waals surface area contributed by atoms with Gasteiger partial charge < -0.3 is 10.2 Å². The van der Waals surface area contributed by atoms with Crippen molar-refractivity contribution >= 4 is 29.1 Å². The van der Waals surface area contributed by atoms with Gasteiger partial charge in [-0.2, -0.15) is 5.10 Å². The van der Waals surface area contributed by atoms with Crippen LogP contribution in [0, 0.1) is 12.8 Å². The summed E-state index contributed by atoms with van der Waals surface area (Å²) in [6, 6.07) is 12.6. The van der Waals surface area contributed by atoms with Crippen molar-refractivity contribution in [3.05, 3.63) is 64.9 Å². The number of aromatic amines is 1. The predicted molar refractivity (Wildman–Crippen MR) is 115 cm³/mol. The number of pyridine rings is 1. The molecule has 0 spiro atoms. The molecule has 0 unspecified atom stereocenters. The molecule has 0 bridgehead atoms. The van der Waals surface area contributed by atoms with Gasteiger partial charge >= 0.3 is 0 Å². The van der Waals surface area contributed by atoms with Gasteiger partial charge in [-0.3, -0.25) is 19.7 Å². The van der Waals surface area contributed by atoms with Crippen molar-refractivity contribution in [1.82, 2.24) is 20.1 Å². The molecule has 3 aromatic rings. The van der Waals surface area contributed by atoms with Crippen LogP contribution in [-0.4, -0.2) is 45.0 Å². The second-order valence-corrected chi connectivity index (χ2v) is 7.86. The zero-order valence-electron chi connectivity index (χ0n) is 16.6.